The fraction of sp³-hybridized carbons (Fsp3) is 0.133. The third-order valence-corrected chi connectivity index (χ3v) is 7.14. The van der Waals surface area contributed by atoms with E-state index in [0.717, 1.165) is 21.8 Å². The number of aromatic nitrogens is 2. The van der Waals surface area contributed by atoms with Gasteiger partial charge in [-0.15, -0.1) is 0 Å². The van der Waals surface area contributed by atoms with E-state index < -0.39 is 35.6 Å². The van der Waals surface area contributed by atoms with Gasteiger partial charge in [-0.1, -0.05) is 18.2 Å². The van der Waals surface area contributed by atoms with Gasteiger partial charge < -0.3 is 19.8 Å². The number of para-hydroxylation sites is 1. The highest BCUT2D eigenvalue weighted by Gasteiger charge is 2.54. The highest BCUT2D eigenvalue weighted by molar-refractivity contribution is 6.16. The number of esters is 1. The molecule has 0 saturated carbocycles. The number of hydrogen-bond acceptors (Lipinski definition) is 6. The SMILES string of the molecule is COC(=O)CC1(NC(=O)c2cc3c(cn2)[nH]c2ccccc23)C(=O)N(c2ccc(F)cc2)c2ccc(OC)cc21. The first-order valence-corrected chi connectivity index (χ1v) is 12.4. The number of halogens is 1. The number of pyridine rings is 1. The van der Waals surface area contributed by atoms with E-state index in [2.05, 4.69) is 15.3 Å². The second-order valence-corrected chi connectivity index (χ2v) is 9.40. The Hall–Kier alpha value is -5.25. The van der Waals surface area contributed by atoms with Gasteiger partial charge >= 0.3 is 5.97 Å². The Morgan fingerprint density at radius 3 is 2.52 bits per heavy atom. The number of anilines is 2. The largest absolute Gasteiger partial charge is 0.497 e. The van der Waals surface area contributed by atoms with E-state index in [1.54, 1.807) is 30.5 Å². The molecular weight excluding hydrogens is 515 g/mol. The molecular formula is C30H23FN4O5. The number of ether oxygens (including phenoxy) is 2. The number of H-pyrrole nitrogens is 1. The normalized spacial score (nSPS) is 16.3. The number of benzene rings is 3. The van der Waals surface area contributed by atoms with Crippen molar-refractivity contribution in [1.29, 1.82) is 0 Å². The van der Waals surface area contributed by atoms with Crippen molar-refractivity contribution in [3.63, 3.8) is 0 Å². The minimum absolute atomic E-state index is 0.0546. The molecule has 10 heteroatoms. The molecule has 0 fully saturated rings. The van der Waals surface area contributed by atoms with Crippen LogP contribution >= 0.6 is 0 Å². The van der Waals surface area contributed by atoms with Crippen LogP contribution in [-0.2, 0) is 19.9 Å². The number of carbonyl (C=O) groups excluding carboxylic acids is 3. The fourth-order valence-electron chi connectivity index (χ4n) is 5.20. The quantitative estimate of drug-likeness (QED) is 0.302. The van der Waals surface area contributed by atoms with Crippen LogP contribution in [0.2, 0.25) is 0 Å². The van der Waals surface area contributed by atoms with Crippen LogP contribution in [0.3, 0.4) is 0 Å². The first-order chi connectivity index (χ1) is 19.3. The van der Waals surface area contributed by atoms with Crippen LogP contribution in [-0.4, -0.2) is 42.0 Å². The molecule has 1 aliphatic rings. The van der Waals surface area contributed by atoms with E-state index in [-0.39, 0.29) is 5.69 Å². The molecule has 0 aliphatic carbocycles. The maximum atomic E-state index is 14.3. The molecule has 2 aromatic heterocycles. The molecule has 1 atom stereocenters. The standard InChI is InChI=1S/C30H23FN4O5/c1-39-19-11-12-26-22(13-19)30(15-27(36)40-2,29(38)35(26)18-9-7-17(31)8-10-18)34-28(37)24-14-21-20-5-3-4-6-23(20)33-25(21)16-32-24/h3-14,16,33H,15H2,1-2H3,(H,34,37). The lowest BCUT2D eigenvalue weighted by Gasteiger charge is -2.29. The van der Waals surface area contributed by atoms with Gasteiger partial charge in [0.2, 0.25) is 0 Å². The number of methoxy groups -OCH3 is 2. The van der Waals surface area contributed by atoms with Gasteiger partial charge in [-0.3, -0.25) is 19.3 Å². The molecule has 2 amide bonds. The lowest BCUT2D eigenvalue weighted by atomic mass is 9.87. The molecule has 2 N–H and O–H groups in total. The van der Waals surface area contributed by atoms with E-state index in [0.29, 0.717) is 22.7 Å². The van der Waals surface area contributed by atoms with Gasteiger partial charge in [0, 0.05) is 27.5 Å². The Bertz CT molecular complexity index is 1820. The average molecular weight is 539 g/mol. The van der Waals surface area contributed by atoms with Crippen molar-refractivity contribution in [2.45, 2.75) is 12.0 Å². The number of aromatic amines is 1. The number of carbonyl (C=O) groups is 3. The number of fused-ring (bicyclic) bond motifs is 4. The molecule has 9 nitrogen and oxygen atoms in total. The van der Waals surface area contributed by atoms with Crippen LogP contribution in [0.1, 0.15) is 22.5 Å². The summed E-state index contributed by atoms with van der Waals surface area (Å²) in [7, 11) is 2.67. The summed E-state index contributed by atoms with van der Waals surface area (Å²) in [5.74, 6) is -2.07. The van der Waals surface area contributed by atoms with Crippen LogP contribution in [0.15, 0.2) is 79.0 Å². The zero-order valence-electron chi connectivity index (χ0n) is 21.5. The highest BCUT2D eigenvalue weighted by atomic mass is 19.1. The summed E-state index contributed by atoms with van der Waals surface area (Å²) in [4.78, 5) is 49.7. The lowest BCUT2D eigenvalue weighted by Crippen LogP contribution is -2.53. The summed E-state index contributed by atoms with van der Waals surface area (Å²) in [6, 6.07) is 19.5. The zero-order chi connectivity index (χ0) is 28.0. The third-order valence-electron chi connectivity index (χ3n) is 7.14. The number of amides is 2. The maximum absolute atomic E-state index is 14.3. The summed E-state index contributed by atoms with van der Waals surface area (Å²) >= 11 is 0. The zero-order valence-corrected chi connectivity index (χ0v) is 21.5. The average Bonchev–Trinajstić information content (AvgIpc) is 3.45. The number of rotatable bonds is 6. The van der Waals surface area contributed by atoms with Gasteiger partial charge in [0.15, 0.2) is 5.54 Å². The Kier molecular flexibility index (Phi) is 5.95. The number of hydrogen-bond donors (Lipinski definition) is 2. The molecule has 1 aliphatic heterocycles. The van der Waals surface area contributed by atoms with Gasteiger partial charge in [0.1, 0.15) is 17.3 Å². The Balaban J connectivity index is 1.49. The Labute approximate surface area is 227 Å². The second-order valence-electron chi connectivity index (χ2n) is 9.40. The van der Waals surface area contributed by atoms with Crippen molar-refractivity contribution in [3.8, 4) is 5.75 Å². The van der Waals surface area contributed by atoms with E-state index in [1.165, 1.54) is 43.4 Å². The van der Waals surface area contributed by atoms with Crippen molar-refractivity contribution >= 4 is 51.0 Å². The third kappa shape index (κ3) is 3.92. The van der Waals surface area contributed by atoms with Crippen LogP contribution < -0.4 is 15.0 Å². The molecule has 3 aromatic carbocycles. The number of nitrogens with zero attached hydrogens (tertiary/aromatic N) is 2. The summed E-state index contributed by atoms with van der Waals surface area (Å²) in [5.41, 5.74) is 0.919. The van der Waals surface area contributed by atoms with Gasteiger partial charge in [-0.2, -0.15) is 0 Å². The predicted octanol–water partition coefficient (Wildman–Crippen LogP) is 4.73. The van der Waals surface area contributed by atoms with Crippen LogP contribution in [0.5, 0.6) is 5.75 Å². The van der Waals surface area contributed by atoms with E-state index >= 15 is 0 Å². The molecule has 40 heavy (non-hydrogen) atoms. The Morgan fingerprint density at radius 1 is 1.00 bits per heavy atom. The Morgan fingerprint density at radius 2 is 1.77 bits per heavy atom. The molecule has 0 saturated heterocycles. The summed E-state index contributed by atoms with van der Waals surface area (Å²) in [6.45, 7) is 0. The predicted molar refractivity (Wildman–Crippen MR) is 146 cm³/mol. The molecule has 1 unspecified atom stereocenters. The van der Waals surface area contributed by atoms with Crippen molar-refractivity contribution in [3.05, 3.63) is 96.1 Å². The van der Waals surface area contributed by atoms with Crippen molar-refractivity contribution < 1.29 is 28.2 Å². The maximum Gasteiger partial charge on any atom is 0.308 e. The highest BCUT2D eigenvalue weighted by Crippen LogP contribution is 2.47. The molecule has 0 bridgehead atoms. The van der Waals surface area contributed by atoms with E-state index in [4.69, 9.17) is 9.47 Å². The first kappa shape index (κ1) is 25.1. The molecule has 3 heterocycles. The van der Waals surface area contributed by atoms with Crippen molar-refractivity contribution in [2.75, 3.05) is 19.1 Å². The second kappa shape index (κ2) is 9.49. The van der Waals surface area contributed by atoms with Gasteiger partial charge in [0.25, 0.3) is 11.8 Å². The fourth-order valence-corrected chi connectivity index (χ4v) is 5.20. The van der Waals surface area contributed by atoms with Crippen LogP contribution in [0.4, 0.5) is 15.8 Å². The molecule has 200 valence electrons. The summed E-state index contributed by atoms with van der Waals surface area (Å²) < 4.78 is 24.1. The van der Waals surface area contributed by atoms with E-state index in [1.807, 2.05) is 24.3 Å². The van der Waals surface area contributed by atoms with Crippen LogP contribution in [0, 0.1) is 5.82 Å². The molecule has 6 rings (SSSR count). The van der Waals surface area contributed by atoms with Crippen LogP contribution in [0.25, 0.3) is 21.8 Å². The summed E-state index contributed by atoms with van der Waals surface area (Å²) in [6.07, 6.45) is 1.05. The lowest BCUT2D eigenvalue weighted by molar-refractivity contribution is -0.144. The van der Waals surface area contributed by atoms with E-state index in [9.17, 15) is 18.8 Å². The van der Waals surface area contributed by atoms with Gasteiger partial charge in [-0.05, 0) is 54.6 Å². The molecule has 0 radical (unpaired) electrons. The van der Waals surface area contributed by atoms with Gasteiger partial charge in [-0.25, -0.2) is 9.37 Å². The minimum atomic E-state index is -1.86. The van der Waals surface area contributed by atoms with Gasteiger partial charge in [0.05, 0.1) is 38.0 Å². The van der Waals surface area contributed by atoms with Crippen molar-refractivity contribution in [1.82, 2.24) is 15.3 Å². The number of nitrogens with one attached hydrogen (secondary N) is 2. The topological polar surface area (TPSA) is 114 Å². The minimum Gasteiger partial charge on any atom is -0.497 e. The monoisotopic (exact) mass is 538 g/mol. The smallest absolute Gasteiger partial charge is 0.308 e. The summed E-state index contributed by atoms with van der Waals surface area (Å²) in [5, 5.41) is 4.51. The first-order valence-electron chi connectivity index (χ1n) is 12.4. The molecule has 0 spiro atoms. The van der Waals surface area contributed by atoms with Crippen molar-refractivity contribution in [2.24, 2.45) is 0 Å². The molecule has 5 aromatic rings.